The van der Waals surface area contributed by atoms with Crippen LogP contribution in [-0.2, 0) is 4.74 Å². The Kier molecular flexibility index (Phi) is 5.77. The average molecular weight is 331 g/mol. The van der Waals surface area contributed by atoms with E-state index in [0.717, 1.165) is 5.33 Å². The van der Waals surface area contributed by atoms with Gasteiger partial charge in [-0.25, -0.2) is 0 Å². The van der Waals surface area contributed by atoms with Crippen LogP contribution in [0.4, 0.5) is 0 Å². The summed E-state index contributed by atoms with van der Waals surface area (Å²) in [7, 11) is 0. The highest BCUT2D eigenvalue weighted by atomic mass is 79.9. The van der Waals surface area contributed by atoms with Crippen LogP contribution in [0.25, 0.3) is 0 Å². The molecule has 1 heterocycles. The van der Waals surface area contributed by atoms with E-state index in [2.05, 4.69) is 29.8 Å². The molecule has 1 saturated carbocycles. The van der Waals surface area contributed by atoms with Crippen LogP contribution in [0, 0.1) is 5.41 Å². The molecule has 0 radical (unpaired) electrons. The molecular weight excluding hydrogens is 300 g/mol. The third-order valence-corrected chi connectivity index (χ3v) is 6.80. The highest BCUT2D eigenvalue weighted by molar-refractivity contribution is 9.09. The molecule has 19 heavy (non-hydrogen) atoms. The molecule has 2 aliphatic rings. The lowest BCUT2D eigenvalue weighted by molar-refractivity contribution is -0.0527. The molecule has 0 bridgehead atoms. The van der Waals surface area contributed by atoms with Crippen molar-refractivity contribution in [1.29, 1.82) is 0 Å². The third-order valence-electron chi connectivity index (χ3n) is 5.61. The number of halogens is 1. The second-order valence-electron chi connectivity index (χ2n) is 6.96. The maximum absolute atomic E-state index is 6.53. The van der Waals surface area contributed by atoms with Crippen molar-refractivity contribution in [3.63, 3.8) is 0 Å². The fourth-order valence-corrected chi connectivity index (χ4v) is 5.01. The number of unbranched alkanes of at least 4 members (excludes halogenated alkanes) is 1. The Bertz CT molecular complexity index is 266. The van der Waals surface area contributed by atoms with E-state index in [1.807, 2.05) is 0 Å². The normalized spacial score (nSPS) is 28.9. The minimum Gasteiger partial charge on any atom is -0.372 e. The van der Waals surface area contributed by atoms with Crippen LogP contribution in [0.15, 0.2) is 0 Å². The zero-order chi connectivity index (χ0) is 13.8. The Morgan fingerprint density at radius 2 is 1.95 bits per heavy atom. The number of ether oxygens (including phenoxy) is 1. The molecule has 1 saturated heterocycles. The van der Waals surface area contributed by atoms with E-state index in [9.17, 15) is 0 Å². The summed E-state index contributed by atoms with van der Waals surface area (Å²) in [5, 5.41) is 1.14. The topological polar surface area (TPSA) is 9.23 Å². The van der Waals surface area contributed by atoms with Crippen LogP contribution >= 0.6 is 15.9 Å². The molecular formula is C17H31BrO. The summed E-state index contributed by atoms with van der Waals surface area (Å²) < 4.78 is 6.53. The monoisotopic (exact) mass is 330 g/mol. The summed E-state index contributed by atoms with van der Waals surface area (Å²) in [5.74, 6) is 0. The second kappa shape index (κ2) is 6.93. The number of hydrogen-bond acceptors (Lipinski definition) is 1. The highest BCUT2D eigenvalue weighted by Gasteiger charge is 2.44. The predicted molar refractivity (Wildman–Crippen MR) is 86.0 cm³/mol. The summed E-state index contributed by atoms with van der Waals surface area (Å²) in [6, 6.07) is 0. The molecule has 2 fully saturated rings. The lowest BCUT2D eigenvalue weighted by Gasteiger charge is -2.34. The summed E-state index contributed by atoms with van der Waals surface area (Å²) in [6.07, 6.45) is 15.2. The summed E-state index contributed by atoms with van der Waals surface area (Å²) >= 11 is 3.79. The van der Waals surface area contributed by atoms with Gasteiger partial charge < -0.3 is 4.74 Å². The van der Waals surface area contributed by atoms with Gasteiger partial charge in [0.25, 0.3) is 0 Å². The van der Waals surface area contributed by atoms with Crippen molar-refractivity contribution in [3.8, 4) is 0 Å². The van der Waals surface area contributed by atoms with Crippen molar-refractivity contribution in [2.45, 2.75) is 96.2 Å². The van der Waals surface area contributed by atoms with E-state index < -0.39 is 0 Å². The minimum absolute atomic E-state index is 0.307. The molecule has 0 aromatic carbocycles. The van der Waals surface area contributed by atoms with E-state index in [-0.39, 0.29) is 0 Å². The molecule has 1 spiro atoms. The second-order valence-corrected chi connectivity index (χ2v) is 7.52. The van der Waals surface area contributed by atoms with E-state index in [4.69, 9.17) is 4.74 Å². The van der Waals surface area contributed by atoms with Gasteiger partial charge in [0, 0.05) is 5.33 Å². The van der Waals surface area contributed by atoms with Crippen LogP contribution in [0.5, 0.6) is 0 Å². The quantitative estimate of drug-likeness (QED) is 0.532. The Labute approximate surface area is 128 Å². The van der Waals surface area contributed by atoms with Crippen molar-refractivity contribution in [2.75, 3.05) is 5.33 Å². The molecule has 2 heteroatoms. The molecule has 1 aliphatic heterocycles. The van der Waals surface area contributed by atoms with Crippen molar-refractivity contribution in [1.82, 2.24) is 0 Å². The maximum Gasteiger partial charge on any atom is 0.0687 e. The number of alkyl halides is 1. The van der Waals surface area contributed by atoms with Gasteiger partial charge in [0.1, 0.15) is 0 Å². The van der Waals surface area contributed by atoms with Crippen molar-refractivity contribution >= 4 is 15.9 Å². The minimum atomic E-state index is 0.307. The van der Waals surface area contributed by atoms with Gasteiger partial charge in [0.2, 0.25) is 0 Å². The van der Waals surface area contributed by atoms with E-state index in [0.29, 0.717) is 17.1 Å². The predicted octanol–water partition coefficient (Wildman–Crippen LogP) is 5.85. The largest absolute Gasteiger partial charge is 0.372 e. The molecule has 2 rings (SSSR count). The van der Waals surface area contributed by atoms with Crippen molar-refractivity contribution < 1.29 is 4.74 Å². The summed E-state index contributed by atoms with van der Waals surface area (Å²) in [4.78, 5) is 0. The smallest absolute Gasteiger partial charge is 0.0687 e. The first kappa shape index (κ1) is 15.8. The molecule has 0 amide bonds. The highest BCUT2D eigenvalue weighted by Crippen LogP contribution is 2.47. The molecule has 1 nitrogen and oxygen atoms in total. The molecule has 112 valence electrons. The van der Waals surface area contributed by atoms with Crippen LogP contribution in [0.3, 0.4) is 0 Å². The first-order valence-electron chi connectivity index (χ1n) is 8.41. The Morgan fingerprint density at radius 1 is 1.21 bits per heavy atom. The van der Waals surface area contributed by atoms with Crippen LogP contribution in [0.2, 0.25) is 0 Å². The van der Waals surface area contributed by atoms with Crippen LogP contribution < -0.4 is 0 Å². The van der Waals surface area contributed by atoms with Gasteiger partial charge in [-0.15, -0.1) is 0 Å². The van der Waals surface area contributed by atoms with Gasteiger partial charge in [0.15, 0.2) is 0 Å². The Hall–Kier alpha value is 0.440. The van der Waals surface area contributed by atoms with Crippen molar-refractivity contribution in [3.05, 3.63) is 0 Å². The van der Waals surface area contributed by atoms with Gasteiger partial charge >= 0.3 is 0 Å². The molecule has 0 aromatic rings. The van der Waals surface area contributed by atoms with Gasteiger partial charge in [-0.2, -0.15) is 0 Å². The number of hydrogen-bond donors (Lipinski definition) is 0. The molecule has 2 atom stereocenters. The number of rotatable bonds is 7. The van der Waals surface area contributed by atoms with E-state index in [1.54, 1.807) is 0 Å². The zero-order valence-corrected chi connectivity index (χ0v) is 14.4. The van der Waals surface area contributed by atoms with Gasteiger partial charge in [-0.3, -0.25) is 0 Å². The third kappa shape index (κ3) is 3.75. The van der Waals surface area contributed by atoms with Gasteiger partial charge in [-0.1, -0.05) is 55.5 Å². The SMILES string of the molecule is CCCCC(CC)(CBr)CC1CCC2(CCCC2)O1. The molecule has 0 N–H and O–H groups in total. The van der Waals surface area contributed by atoms with Crippen molar-refractivity contribution in [2.24, 2.45) is 5.41 Å². The fraction of sp³-hybridized carbons (Fsp3) is 1.00. The maximum atomic E-state index is 6.53. The molecule has 0 aromatic heterocycles. The van der Waals surface area contributed by atoms with Crippen LogP contribution in [0.1, 0.15) is 84.5 Å². The van der Waals surface area contributed by atoms with Crippen LogP contribution in [-0.4, -0.2) is 17.0 Å². The van der Waals surface area contributed by atoms with Gasteiger partial charge in [-0.05, 0) is 50.4 Å². The average Bonchev–Trinajstić information content (AvgIpc) is 3.05. The zero-order valence-electron chi connectivity index (χ0n) is 12.8. The molecule has 1 aliphatic carbocycles. The standard InChI is InChI=1S/C17H31BrO/c1-3-5-9-16(4-2,14-18)13-15-8-12-17(19-15)10-6-7-11-17/h15H,3-14H2,1-2H3. The van der Waals surface area contributed by atoms with E-state index >= 15 is 0 Å². The molecule has 2 unspecified atom stereocenters. The summed E-state index contributed by atoms with van der Waals surface area (Å²) in [5.41, 5.74) is 0.784. The van der Waals surface area contributed by atoms with E-state index in [1.165, 1.54) is 70.6 Å². The Balaban J connectivity index is 1.90. The first-order chi connectivity index (χ1) is 9.17. The first-order valence-corrected chi connectivity index (χ1v) is 9.53. The lowest BCUT2D eigenvalue weighted by Crippen LogP contribution is -2.30. The van der Waals surface area contributed by atoms with Gasteiger partial charge in [0.05, 0.1) is 11.7 Å². The summed E-state index contributed by atoms with van der Waals surface area (Å²) in [6.45, 7) is 4.66. The lowest BCUT2D eigenvalue weighted by atomic mass is 9.77. The fourth-order valence-electron chi connectivity index (χ4n) is 4.10. The Morgan fingerprint density at radius 3 is 2.53 bits per heavy atom.